The minimum Gasteiger partial charge on any atom is -0.347 e. The van der Waals surface area contributed by atoms with Gasteiger partial charge in [-0.1, -0.05) is 13.8 Å². The Morgan fingerprint density at radius 2 is 2.13 bits per heavy atom. The summed E-state index contributed by atoms with van der Waals surface area (Å²) in [5, 5.41) is 0.134. The summed E-state index contributed by atoms with van der Waals surface area (Å²) in [5.41, 5.74) is 1.01. The maximum absolute atomic E-state index is 6.21. The molecule has 0 saturated heterocycles. The summed E-state index contributed by atoms with van der Waals surface area (Å²) in [6.07, 6.45) is 2.73. The minimum atomic E-state index is 0.134. The number of anilines is 1. The molecule has 0 N–H and O–H groups in total. The number of halogens is 1. The first kappa shape index (κ1) is 12.2. The number of rotatable bonds is 4. The van der Waals surface area contributed by atoms with Crippen LogP contribution in [0.3, 0.4) is 0 Å². The third-order valence-electron chi connectivity index (χ3n) is 2.46. The van der Waals surface area contributed by atoms with Crippen molar-refractivity contribution in [1.82, 2.24) is 9.97 Å². The first-order valence-corrected chi connectivity index (χ1v) is 5.64. The Morgan fingerprint density at radius 3 is 2.67 bits per heavy atom. The van der Waals surface area contributed by atoms with Gasteiger partial charge in [0.1, 0.15) is 0 Å². The largest absolute Gasteiger partial charge is 0.347 e. The predicted molar refractivity (Wildman–Crippen MR) is 64.7 cm³/mol. The second-order valence-corrected chi connectivity index (χ2v) is 4.45. The van der Waals surface area contributed by atoms with Crippen molar-refractivity contribution in [1.29, 1.82) is 0 Å². The molecule has 15 heavy (non-hydrogen) atoms. The van der Waals surface area contributed by atoms with Crippen molar-refractivity contribution in [3.8, 4) is 0 Å². The van der Waals surface area contributed by atoms with E-state index in [-0.39, 0.29) is 11.3 Å². The first-order chi connectivity index (χ1) is 7.06. The van der Waals surface area contributed by atoms with Gasteiger partial charge in [0.05, 0.1) is 5.69 Å². The summed E-state index contributed by atoms with van der Waals surface area (Å²) < 4.78 is 0. The van der Waals surface area contributed by atoms with E-state index in [4.69, 9.17) is 11.6 Å². The van der Waals surface area contributed by atoms with Crippen LogP contribution in [0.5, 0.6) is 0 Å². The first-order valence-electron chi connectivity index (χ1n) is 5.20. The van der Waals surface area contributed by atoms with Gasteiger partial charge in [0.2, 0.25) is 5.95 Å². The van der Waals surface area contributed by atoms with Crippen molar-refractivity contribution in [2.75, 3.05) is 19.0 Å². The molecule has 2 atom stereocenters. The van der Waals surface area contributed by atoms with E-state index in [1.165, 1.54) is 0 Å². The molecule has 1 aromatic heterocycles. The molecular formula is C11H18ClN3. The molecule has 0 saturated carbocycles. The van der Waals surface area contributed by atoms with Crippen LogP contribution >= 0.6 is 11.6 Å². The molecule has 0 aliphatic carbocycles. The third-order valence-corrected chi connectivity index (χ3v) is 3.15. The van der Waals surface area contributed by atoms with Crippen LogP contribution in [-0.2, 0) is 0 Å². The van der Waals surface area contributed by atoms with Crippen LogP contribution in [-0.4, -0.2) is 29.4 Å². The van der Waals surface area contributed by atoms with Crippen LogP contribution in [0.2, 0.25) is 0 Å². The van der Waals surface area contributed by atoms with Gasteiger partial charge in [-0.15, -0.1) is 11.6 Å². The smallest absolute Gasteiger partial charge is 0.224 e. The van der Waals surface area contributed by atoms with Gasteiger partial charge in [0.25, 0.3) is 0 Å². The van der Waals surface area contributed by atoms with E-state index in [1.54, 1.807) is 6.20 Å². The molecule has 84 valence electrons. The minimum absolute atomic E-state index is 0.134. The highest BCUT2D eigenvalue weighted by Gasteiger charge is 2.16. The Morgan fingerprint density at radius 1 is 1.47 bits per heavy atom. The number of alkyl halides is 1. The fraction of sp³-hybridized carbons (Fsp3) is 0.636. The SMILES string of the molecule is CCC(Cl)C(C)c1ccnc(N(C)C)n1. The quantitative estimate of drug-likeness (QED) is 0.741. The molecule has 2 unspecified atom stereocenters. The lowest BCUT2D eigenvalue weighted by molar-refractivity contribution is 0.654. The second kappa shape index (κ2) is 5.31. The van der Waals surface area contributed by atoms with Gasteiger partial charge in [-0.25, -0.2) is 9.97 Å². The van der Waals surface area contributed by atoms with E-state index in [1.807, 2.05) is 25.1 Å². The maximum atomic E-state index is 6.21. The molecule has 0 spiro atoms. The Labute approximate surface area is 96.5 Å². The summed E-state index contributed by atoms with van der Waals surface area (Å²) in [6, 6.07) is 1.93. The van der Waals surface area contributed by atoms with Crippen molar-refractivity contribution in [2.45, 2.75) is 31.6 Å². The fourth-order valence-corrected chi connectivity index (χ4v) is 1.50. The van der Waals surface area contributed by atoms with Gasteiger partial charge in [0.15, 0.2) is 0 Å². The Kier molecular flexibility index (Phi) is 4.33. The molecule has 0 aromatic carbocycles. The van der Waals surface area contributed by atoms with Gasteiger partial charge in [-0.05, 0) is 12.5 Å². The third kappa shape index (κ3) is 3.06. The van der Waals surface area contributed by atoms with Crippen LogP contribution in [0, 0.1) is 0 Å². The average Bonchev–Trinajstić information content (AvgIpc) is 2.27. The second-order valence-electron chi connectivity index (χ2n) is 3.89. The van der Waals surface area contributed by atoms with E-state index < -0.39 is 0 Å². The van der Waals surface area contributed by atoms with Gasteiger partial charge in [0, 0.05) is 31.6 Å². The summed E-state index contributed by atoms with van der Waals surface area (Å²) in [7, 11) is 3.86. The van der Waals surface area contributed by atoms with Crippen molar-refractivity contribution in [3.63, 3.8) is 0 Å². The number of hydrogen-bond donors (Lipinski definition) is 0. The number of hydrogen-bond acceptors (Lipinski definition) is 3. The Balaban J connectivity index is 2.90. The molecule has 1 heterocycles. The van der Waals surface area contributed by atoms with Crippen molar-refractivity contribution >= 4 is 17.5 Å². The average molecular weight is 228 g/mol. The molecule has 3 nitrogen and oxygen atoms in total. The summed E-state index contributed by atoms with van der Waals surface area (Å²) in [4.78, 5) is 10.5. The van der Waals surface area contributed by atoms with Gasteiger partial charge in [-0.3, -0.25) is 0 Å². The van der Waals surface area contributed by atoms with E-state index in [0.717, 1.165) is 18.1 Å². The summed E-state index contributed by atoms with van der Waals surface area (Å²) in [5.74, 6) is 0.998. The Bertz CT molecular complexity index is 314. The van der Waals surface area contributed by atoms with Crippen LogP contribution < -0.4 is 4.90 Å². The van der Waals surface area contributed by atoms with Crippen molar-refractivity contribution in [3.05, 3.63) is 18.0 Å². The standard InChI is InChI=1S/C11H18ClN3/c1-5-9(12)8(2)10-6-7-13-11(14-10)15(3)4/h6-9H,5H2,1-4H3. The summed E-state index contributed by atoms with van der Waals surface area (Å²) in [6.45, 7) is 4.19. The molecule has 1 aromatic rings. The van der Waals surface area contributed by atoms with Gasteiger partial charge >= 0.3 is 0 Å². The summed E-state index contributed by atoms with van der Waals surface area (Å²) >= 11 is 6.21. The highest BCUT2D eigenvalue weighted by Crippen LogP contribution is 2.24. The van der Waals surface area contributed by atoms with Crippen LogP contribution in [0.4, 0.5) is 5.95 Å². The molecule has 0 fully saturated rings. The van der Waals surface area contributed by atoms with E-state index >= 15 is 0 Å². The zero-order chi connectivity index (χ0) is 11.4. The van der Waals surface area contributed by atoms with E-state index in [9.17, 15) is 0 Å². The molecule has 0 aliphatic rings. The van der Waals surface area contributed by atoms with Crippen LogP contribution in [0.25, 0.3) is 0 Å². The van der Waals surface area contributed by atoms with Gasteiger partial charge in [-0.2, -0.15) is 0 Å². The highest BCUT2D eigenvalue weighted by atomic mass is 35.5. The molecule has 1 rings (SSSR count). The highest BCUT2D eigenvalue weighted by molar-refractivity contribution is 6.21. The van der Waals surface area contributed by atoms with Gasteiger partial charge < -0.3 is 4.90 Å². The monoisotopic (exact) mass is 227 g/mol. The van der Waals surface area contributed by atoms with E-state index in [0.29, 0.717) is 0 Å². The van der Waals surface area contributed by atoms with Crippen molar-refractivity contribution in [2.24, 2.45) is 0 Å². The Hall–Kier alpha value is -0.830. The molecule has 0 radical (unpaired) electrons. The predicted octanol–water partition coefficient (Wildman–Crippen LogP) is 2.66. The van der Waals surface area contributed by atoms with E-state index in [2.05, 4.69) is 23.8 Å². The van der Waals surface area contributed by atoms with Crippen molar-refractivity contribution < 1.29 is 0 Å². The fourth-order valence-electron chi connectivity index (χ4n) is 1.37. The molecule has 0 bridgehead atoms. The number of nitrogens with zero attached hydrogens (tertiary/aromatic N) is 3. The maximum Gasteiger partial charge on any atom is 0.224 e. The zero-order valence-corrected chi connectivity index (χ0v) is 10.5. The number of aromatic nitrogens is 2. The normalized spacial score (nSPS) is 14.7. The lowest BCUT2D eigenvalue weighted by Crippen LogP contribution is -2.16. The van der Waals surface area contributed by atoms with Crippen LogP contribution in [0.1, 0.15) is 31.9 Å². The molecular weight excluding hydrogens is 210 g/mol. The molecule has 0 amide bonds. The van der Waals surface area contributed by atoms with Crippen LogP contribution in [0.15, 0.2) is 12.3 Å². The molecule has 4 heteroatoms. The molecule has 0 aliphatic heterocycles. The lowest BCUT2D eigenvalue weighted by Gasteiger charge is -2.17. The zero-order valence-electron chi connectivity index (χ0n) is 9.74. The lowest BCUT2D eigenvalue weighted by atomic mass is 10.0. The topological polar surface area (TPSA) is 29.0 Å².